The molecule has 0 atom stereocenters. The van der Waals surface area contributed by atoms with Gasteiger partial charge in [0.05, 0.1) is 7.11 Å². The molecule has 33 heavy (non-hydrogen) atoms. The maximum atomic E-state index is 13.1. The molecular weight excluding hydrogens is 460 g/mol. The first-order valence-corrected chi connectivity index (χ1v) is 12.6. The lowest BCUT2D eigenvalue weighted by atomic mass is 10.1. The Balaban J connectivity index is 1.84. The fourth-order valence-electron chi connectivity index (χ4n) is 3.20. The summed E-state index contributed by atoms with van der Waals surface area (Å²) in [6.07, 6.45) is 3.36. The van der Waals surface area contributed by atoms with Crippen LogP contribution in [-0.2, 0) is 10.0 Å². The highest BCUT2D eigenvalue weighted by Gasteiger charge is 2.27. The molecule has 1 amide bonds. The van der Waals surface area contributed by atoms with Crippen LogP contribution in [0, 0.1) is 6.92 Å². The second-order valence-corrected chi connectivity index (χ2v) is 9.97. The van der Waals surface area contributed by atoms with Crippen molar-refractivity contribution in [2.75, 3.05) is 25.5 Å². The van der Waals surface area contributed by atoms with E-state index < -0.39 is 15.9 Å². The van der Waals surface area contributed by atoms with Crippen molar-refractivity contribution in [3.05, 3.63) is 66.0 Å². The molecule has 3 aromatic rings. The normalized spacial score (nSPS) is 11.4. The maximum Gasteiger partial charge on any atom is 0.255 e. The van der Waals surface area contributed by atoms with Crippen molar-refractivity contribution in [1.29, 1.82) is 0 Å². The van der Waals surface area contributed by atoms with E-state index in [2.05, 4.69) is 15.3 Å². The largest absolute Gasteiger partial charge is 0.495 e. The third-order valence-corrected chi connectivity index (χ3v) is 7.90. The third-order valence-electron chi connectivity index (χ3n) is 4.95. The van der Waals surface area contributed by atoms with Crippen LogP contribution in [0.15, 0.2) is 69.8 Å². The Kier molecular flexibility index (Phi) is 8.06. The van der Waals surface area contributed by atoms with E-state index in [1.807, 2.05) is 19.1 Å². The quantitative estimate of drug-likeness (QED) is 0.452. The minimum Gasteiger partial charge on any atom is -0.495 e. The number of aryl methyl sites for hydroxylation is 1. The zero-order valence-electron chi connectivity index (χ0n) is 18.9. The Morgan fingerprint density at radius 3 is 2.39 bits per heavy atom. The number of nitrogens with one attached hydrogen (secondary N) is 1. The maximum absolute atomic E-state index is 13.1. The number of benzene rings is 2. The fraction of sp³-hybridized carbons (Fsp3) is 0.261. The van der Waals surface area contributed by atoms with Gasteiger partial charge in [-0.3, -0.25) is 4.79 Å². The number of amides is 1. The van der Waals surface area contributed by atoms with Gasteiger partial charge >= 0.3 is 0 Å². The minimum atomic E-state index is -3.80. The molecule has 0 bridgehead atoms. The van der Waals surface area contributed by atoms with Crippen LogP contribution in [0.4, 0.5) is 5.69 Å². The van der Waals surface area contributed by atoms with Crippen LogP contribution in [0.25, 0.3) is 0 Å². The summed E-state index contributed by atoms with van der Waals surface area (Å²) in [4.78, 5) is 22.2. The number of rotatable bonds is 9. The number of sulfonamides is 1. The van der Waals surface area contributed by atoms with Crippen LogP contribution >= 0.6 is 11.8 Å². The zero-order chi connectivity index (χ0) is 24.0. The van der Waals surface area contributed by atoms with Crippen LogP contribution in [0.5, 0.6) is 5.75 Å². The molecule has 1 aromatic heterocycles. The van der Waals surface area contributed by atoms with Crippen molar-refractivity contribution in [3.8, 4) is 5.75 Å². The minimum absolute atomic E-state index is 0.0346. The molecule has 0 saturated carbocycles. The lowest BCUT2D eigenvalue weighted by molar-refractivity contribution is 0.102. The van der Waals surface area contributed by atoms with E-state index in [9.17, 15) is 13.2 Å². The lowest BCUT2D eigenvalue weighted by Gasteiger charge is -2.20. The topological polar surface area (TPSA) is 101 Å². The number of hydrogen-bond donors (Lipinski definition) is 1. The summed E-state index contributed by atoms with van der Waals surface area (Å²) in [7, 11) is -2.40. The van der Waals surface area contributed by atoms with Gasteiger partial charge in [0.2, 0.25) is 10.0 Å². The summed E-state index contributed by atoms with van der Waals surface area (Å²) in [5, 5.41) is 3.50. The van der Waals surface area contributed by atoms with Crippen LogP contribution < -0.4 is 10.1 Å². The molecule has 0 radical (unpaired) electrons. The Hall–Kier alpha value is -2.95. The summed E-state index contributed by atoms with van der Waals surface area (Å²) < 4.78 is 32.7. The van der Waals surface area contributed by atoms with Crippen molar-refractivity contribution < 1.29 is 17.9 Å². The summed E-state index contributed by atoms with van der Waals surface area (Å²) in [6.45, 7) is 6.04. The number of anilines is 1. The van der Waals surface area contributed by atoms with Gasteiger partial charge in [-0.2, -0.15) is 4.31 Å². The first-order chi connectivity index (χ1) is 15.8. The predicted octanol–water partition coefficient (Wildman–Crippen LogP) is 4.23. The van der Waals surface area contributed by atoms with E-state index in [4.69, 9.17) is 4.74 Å². The van der Waals surface area contributed by atoms with Gasteiger partial charge in [0, 0.05) is 41.6 Å². The van der Waals surface area contributed by atoms with Gasteiger partial charge < -0.3 is 10.1 Å². The molecule has 0 fully saturated rings. The molecule has 174 valence electrons. The Labute approximate surface area is 198 Å². The van der Waals surface area contributed by atoms with Crippen LogP contribution in [0.3, 0.4) is 0 Å². The van der Waals surface area contributed by atoms with Crippen molar-refractivity contribution in [2.45, 2.75) is 35.7 Å². The number of nitrogens with zero attached hydrogens (tertiary/aromatic N) is 3. The second-order valence-electron chi connectivity index (χ2n) is 7.02. The van der Waals surface area contributed by atoms with Crippen molar-refractivity contribution in [1.82, 2.24) is 14.3 Å². The molecule has 0 saturated heterocycles. The van der Waals surface area contributed by atoms with Gasteiger partial charge in [-0.15, -0.1) is 0 Å². The summed E-state index contributed by atoms with van der Waals surface area (Å²) in [5.41, 5.74) is 1.70. The molecule has 0 aliphatic rings. The molecule has 1 N–H and O–H groups in total. The fourth-order valence-corrected chi connectivity index (χ4v) is 5.65. The Morgan fingerprint density at radius 1 is 1.09 bits per heavy atom. The molecule has 2 aromatic carbocycles. The number of ether oxygens (including phenoxy) is 1. The van der Waals surface area contributed by atoms with E-state index in [1.54, 1.807) is 44.4 Å². The van der Waals surface area contributed by atoms with Crippen molar-refractivity contribution >= 4 is 33.4 Å². The average Bonchev–Trinajstić information content (AvgIpc) is 2.81. The monoisotopic (exact) mass is 486 g/mol. The van der Waals surface area contributed by atoms with Gasteiger partial charge in [-0.1, -0.05) is 13.8 Å². The Morgan fingerprint density at radius 2 is 1.79 bits per heavy atom. The molecule has 3 rings (SSSR count). The van der Waals surface area contributed by atoms with Gasteiger partial charge in [-0.05, 0) is 66.7 Å². The SMILES string of the molecule is CCN(CC)S(=O)(=O)c1cc(C(=O)Nc2ccc(Sc3ncccn3)cc2C)ccc1OC. The number of carbonyl (C=O) groups is 1. The van der Waals surface area contributed by atoms with E-state index >= 15 is 0 Å². The highest BCUT2D eigenvalue weighted by atomic mass is 32.2. The number of carbonyl (C=O) groups excluding carboxylic acids is 1. The molecule has 0 aliphatic heterocycles. The standard InChI is InChI=1S/C23H26N4O4S2/c1-5-27(6-2)33(29,30)21-15-17(8-11-20(21)31-4)22(28)26-19-10-9-18(14-16(19)3)32-23-24-12-7-13-25-23/h7-15H,5-6H2,1-4H3,(H,26,28). The van der Waals surface area contributed by atoms with E-state index in [1.165, 1.54) is 35.3 Å². The van der Waals surface area contributed by atoms with Crippen LogP contribution in [-0.4, -0.2) is 48.8 Å². The lowest BCUT2D eigenvalue weighted by Crippen LogP contribution is -2.31. The van der Waals surface area contributed by atoms with Crippen LogP contribution in [0.2, 0.25) is 0 Å². The first-order valence-electron chi connectivity index (χ1n) is 10.3. The van der Waals surface area contributed by atoms with E-state index in [0.29, 0.717) is 23.9 Å². The molecule has 0 spiro atoms. The number of methoxy groups -OCH3 is 1. The molecule has 1 heterocycles. The van der Waals surface area contributed by atoms with Gasteiger partial charge in [-0.25, -0.2) is 18.4 Å². The summed E-state index contributed by atoms with van der Waals surface area (Å²) in [5.74, 6) is -0.220. The Bertz CT molecular complexity index is 1230. The van der Waals surface area contributed by atoms with Gasteiger partial charge in [0.1, 0.15) is 10.6 Å². The first kappa shape index (κ1) is 24.7. The van der Waals surface area contributed by atoms with Gasteiger partial charge in [0.25, 0.3) is 5.91 Å². The summed E-state index contributed by atoms with van der Waals surface area (Å²) in [6, 6.07) is 11.8. The second kappa shape index (κ2) is 10.8. The zero-order valence-corrected chi connectivity index (χ0v) is 20.5. The third kappa shape index (κ3) is 5.70. The summed E-state index contributed by atoms with van der Waals surface area (Å²) >= 11 is 1.42. The molecule has 10 heteroatoms. The smallest absolute Gasteiger partial charge is 0.255 e. The van der Waals surface area contributed by atoms with Crippen LogP contribution in [0.1, 0.15) is 29.8 Å². The molecular formula is C23H26N4O4S2. The highest BCUT2D eigenvalue weighted by molar-refractivity contribution is 7.99. The van der Waals surface area contributed by atoms with E-state index in [0.717, 1.165) is 10.5 Å². The molecule has 0 unspecified atom stereocenters. The van der Waals surface area contributed by atoms with Crippen molar-refractivity contribution in [2.24, 2.45) is 0 Å². The average molecular weight is 487 g/mol. The molecule has 8 nitrogen and oxygen atoms in total. The van der Waals surface area contributed by atoms with Crippen molar-refractivity contribution in [3.63, 3.8) is 0 Å². The number of aromatic nitrogens is 2. The number of hydrogen-bond acceptors (Lipinski definition) is 7. The molecule has 0 aliphatic carbocycles. The highest BCUT2D eigenvalue weighted by Crippen LogP contribution is 2.30. The van der Waals surface area contributed by atoms with E-state index in [-0.39, 0.29) is 16.2 Å². The van der Waals surface area contributed by atoms with Gasteiger partial charge in [0.15, 0.2) is 5.16 Å². The predicted molar refractivity (Wildman–Crippen MR) is 128 cm³/mol.